The van der Waals surface area contributed by atoms with Crippen molar-refractivity contribution < 1.29 is 8.83 Å². The van der Waals surface area contributed by atoms with Gasteiger partial charge in [0.1, 0.15) is 22.3 Å². The molecule has 11 aromatic rings. The van der Waals surface area contributed by atoms with Gasteiger partial charge in [0.05, 0.1) is 11.1 Å². The second-order valence-electron chi connectivity index (χ2n) is 13.7. The Balaban J connectivity index is 1.03. The fourth-order valence-corrected chi connectivity index (χ4v) is 8.09. The van der Waals surface area contributed by atoms with Gasteiger partial charge in [0.2, 0.25) is 0 Å². The van der Waals surface area contributed by atoms with Gasteiger partial charge in [0, 0.05) is 27.5 Å². The first-order chi connectivity index (χ1) is 26.2. The summed E-state index contributed by atoms with van der Waals surface area (Å²) in [5.74, 6) is 0. The van der Waals surface area contributed by atoms with Crippen molar-refractivity contribution in [1.82, 2.24) is 0 Å². The van der Waals surface area contributed by atoms with E-state index in [1.807, 2.05) is 24.3 Å². The largest absolute Gasteiger partial charge is 0.456 e. The molecule has 53 heavy (non-hydrogen) atoms. The average molecular weight is 678 g/mol. The van der Waals surface area contributed by atoms with Gasteiger partial charge in [-0.3, -0.25) is 0 Å². The molecule has 0 aliphatic rings. The molecule has 0 amide bonds. The summed E-state index contributed by atoms with van der Waals surface area (Å²) in [6, 6.07) is 66.9. The van der Waals surface area contributed by atoms with Crippen LogP contribution in [0.5, 0.6) is 0 Å². The Labute approximate surface area is 305 Å². The van der Waals surface area contributed by atoms with Crippen LogP contribution in [0.25, 0.3) is 87.7 Å². The third-order valence-electron chi connectivity index (χ3n) is 10.6. The minimum atomic E-state index is 0.869. The number of hydrogen-bond donors (Lipinski definition) is 0. The van der Waals surface area contributed by atoms with Crippen molar-refractivity contribution in [3.8, 4) is 22.3 Å². The molecule has 0 N–H and O–H groups in total. The lowest BCUT2D eigenvalue weighted by atomic mass is 9.97. The van der Waals surface area contributed by atoms with Crippen LogP contribution in [0, 0.1) is 0 Å². The lowest BCUT2D eigenvalue weighted by molar-refractivity contribution is 0.669. The van der Waals surface area contributed by atoms with Crippen molar-refractivity contribution in [2.75, 3.05) is 4.90 Å². The molecular weight excluding hydrogens is 647 g/mol. The highest BCUT2D eigenvalue weighted by molar-refractivity contribution is 6.14. The van der Waals surface area contributed by atoms with Crippen LogP contribution < -0.4 is 4.90 Å². The number of furan rings is 2. The highest BCUT2D eigenvalue weighted by atomic mass is 16.3. The number of fused-ring (bicyclic) bond motifs is 8. The molecule has 2 heterocycles. The van der Waals surface area contributed by atoms with Crippen LogP contribution in [0.2, 0.25) is 0 Å². The second-order valence-corrected chi connectivity index (χ2v) is 13.7. The zero-order chi connectivity index (χ0) is 34.9. The third-order valence-corrected chi connectivity index (χ3v) is 10.6. The van der Waals surface area contributed by atoms with E-state index < -0.39 is 0 Å². The summed E-state index contributed by atoms with van der Waals surface area (Å²) in [4.78, 5) is 2.35. The van der Waals surface area contributed by atoms with Gasteiger partial charge >= 0.3 is 0 Å². The van der Waals surface area contributed by atoms with Crippen molar-refractivity contribution in [3.05, 3.63) is 188 Å². The number of nitrogens with zero attached hydrogens (tertiary/aromatic N) is 1. The van der Waals surface area contributed by atoms with Crippen LogP contribution >= 0.6 is 0 Å². The molecule has 0 spiro atoms. The summed E-state index contributed by atoms with van der Waals surface area (Å²) >= 11 is 0. The van der Waals surface area contributed by atoms with E-state index in [1.165, 1.54) is 32.8 Å². The van der Waals surface area contributed by atoms with E-state index in [4.69, 9.17) is 8.83 Å². The maximum atomic E-state index is 6.36. The number of benzene rings is 9. The fourth-order valence-electron chi connectivity index (χ4n) is 8.09. The number of rotatable bonds is 5. The first-order valence-corrected chi connectivity index (χ1v) is 18.0. The molecule has 3 nitrogen and oxygen atoms in total. The van der Waals surface area contributed by atoms with Crippen LogP contribution in [0.15, 0.2) is 197 Å². The molecule has 11 rings (SSSR count). The summed E-state index contributed by atoms with van der Waals surface area (Å²) in [7, 11) is 0. The van der Waals surface area contributed by atoms with Crippen LogP contribution in [-0.4, -0.2) is 0 Å². The summed E-state index contributed by atoms with van der Waals surface area (Å²) in [6.07, 6.45) is 0. The number of hydrogen-bond acceptors (Lipinski definition) is 3. The predicted octanol–water partition coefficient (Wildman–Crippen LogP) is 14.6. The molecular formula is C50H31NO2. The fraction of sp³-hybridized carbons (Fsp3) is 0. The molecule has 248 valence electrons. The highest BCUT2D eigenvalue weighted by Crippen LogP contribution is 2.44. The molecule has 0 saturated heterocycles. The normalized spacial score (nSPS) is 11.8. The van der Waals surface area contributed by atoms with Gasteiger partial charge in [-0.25, -0.2) is 0 Å². The monoisotopic (exact) mass is 677 g/mol. The highest BCUT2D eigenvalue weighted by Gasteiger charge is 2.20. The molecule has 0 fully saturated rings. The Morgan fingerprint density at radius 3 is 1.74 bits per heavy atom. The van der Waals surface area contributed by atoms with Crippen LogP contribution in [-0.2, 0) is 0 Å². The molecule has 0 saturated carbocycles. The van der Waals surface area contributed by atoms with Gasteiger partial charge in [-0.15, -0.1) is 0 Å². The second kappa shape index (κ2) is 11.7. The van der Waals surface area contributed by atoms with E-state index in [0.29, 0.717) is 0 Å². The number of para-hydroxylation sites is 2. The molecule has 0 radical (unpaired) electrons. The molecule has 0 aliphatic carbocycles. The van der Waals surface area contributed by atoms with E-state index in [2.05, 4.69) is 169 Å². The molecule has 0 bridgehead atoms. The Hall–Kier alpha value is -7.10. The summed E-state index contributed by atoms with van der Waals surface area (Å²) < 4.78 is 12.5. The minimum absolute atomic E-state index is 0.869. The topological polar surface area (TPSA) is 29.5 Å². The third kappa shape index (κ3) is 4.82. The molecule has 2 aromatic heterocycles. The maximum Gasteiger partial charge on any atom is 0.137 e. The van der Waals surface area contributed by atoms with Crippen molar-refractivity contribution in [2.45, 2.75) is 0 Å². The first-order valence-electron chi connectivity index (χ1n) is 18.0. The van der Waals surface area contributed by atoms with Crippen molar-refractivity contribution >= 4 is 82.5 Å². The maximum absolute atomic E-state index is 6.36. The summed E-state index contributed by atoms with van der Waals surface area (Å²) in [6.45, 7) is 0. The summed E-state index contributed by atoms with van der Waals surface area (Å²) in [5.41, 5.74) is 11.5. The van der Waals surface area contributed by atoms with Crippen molar-refractivity contribution in [3.63, 3.8) is 0 Å². The molecule has 0 atom stereocenters. The lowest BCUT2D eigenvalue weighted by Gasteiger charge is -2.26. The van der Waals surface area contributed by atoms with Gasteiger partial charge in [-0.05, 0) is 111 Å². The number of anilines is 3. The van der Waals surface area contributed by atoms with Crippen molar-refractivity contribution in [1.29, 1.82) is 0 Å². The van der Waals surface area contributed by atoms with Crippen LogP contribution in [0.3, 0.4) is 0 Å². The Morgan fingerprint density at radius 1 is 0.321 bits per heavy atom. The Bertz CT molecular complexity index is 3160. The van der Waals surface area contributed by atoms with E-state index in [0.717, 1.165) is 71.9 Å². The van der Waals surface area contributed by atoms with E-state index in [-0.39, 0.29) is 0 Å². The van der Waals surface area contributed by atoms with Gasteiger partial charge in [-0.2, -0.15) is 0 Å². The lowest BCUT2D eigenvalue weighted by Crippen LogP contribution is -2.10. The summed E-state index contributed by atoms with van der Waals surface area (Å²) in [5, 5.41) is 9.33. The van der Waals surface area contributed by atoms with Crippen molar-refractivity contribution in [2.24, 2.45) is 0 Å². The standard InChI is InChI=1S/C50H31NO2/c1-2-11-40-33(9-1)10-7-14-41(40)34-23-27-39(28-24-34)51(45-15-8-18-48-50(45)43-13-4-6-17-47(43)52-48)38-25-21-32(22-26-38)35-19-20-36-31-49-44(30-37(36)29-35)42-12-3-5-16-46(42)53-49/h1-31H. The van der Waals surface area contributed by atoms with E-state index in [9.17, 15) is 0 Å². The predicted molar refractivity (Wildman–Crippen MR) is 222 cm³/mol. The van der Waals surface area contributed by atoms with Gasteiger partial charge < -0.3 is 13.7 Å². The van der Waals surface area contributed by atoms with Crippen LogP contribution in [0.4, 0.5) is 17.1 Å². The SMILES string of the molecule is c1ccc2c(-c3ccc(N(c4ccc(-c5ccc6cc7oc8ccccc8c7cc6c5)cc4)c4cccc5oc6ccccc6c45)cc3)cccc2c1. The van der Waals surface area contributed by atoms with Gasteiger partial charge in [0.25, 0.3) is 0 Å². The van der Waals surface area contributed by atoms with Crippen LogP contribution in [0.1, 0.15) is 0 Å². The Morgan fingerprint density at radius 2 is 0.925 bits per heavy atom. The van der Waals surface area contributed by atoms with E-state index in [1.54, 1.807) is 0 Å². The smallest absolute Gasteiger partial charge is 0.137 e. The molecule has 0 unspecified atom stereocenters. The van der Waals surface area contributed by atoms with Gasteiger partial charge in [-0.1, -0.05) is 121 Å². The average Bonchev–Trinajstić information content (AvgIpc) is 3.78. The van der Waals surface area contributed by atoms with Gasteiger partial charge in [0.15, 0.2) is 0 Å². The van der Waals surface area contributed by atoms with E-state index >= 15 is 0 Å². The minimum Gasteiger partial charge on any atom is -0.456 e. The molecule has 3 heteroatoms. The Kier molecular flexibility index (Phi) is 6.55. The quantitative estimate of drug-likeness (QED) is 0.182. The first kappa shape index (κ1) is 29.6. The molecule has 0 aliphatic heterocycles. The zero-order valence-electron chi connectivity index (χ0n) is 28.7. The molecule has 9 aromatic carbocycles. The zero-order valence-corrected chi connectivity index (χ0v) is 28.7.